The highest BCUT2D eigenvalue weighted by atomic mass is 79.9. The van der Waals surface area contributed by atoms with E-state index < -0.39 is 0 Å². The SMILES string of the molecule is COc1ccc(C(CN)N2CCCCC2C)cc1Br. The van der Waals surface area contributed by atoms with Crippen LogP contribution in [0, 0.1) is 0 Å². The van der Waals surface area contributed by atoms with Gasteiger partial charge in [0.25, 0.3) is 0 Å². The van der Waals surface area contributed by atoms with Gasteiger partial charge in [-0.05, 0) is 59.9 Å². The van der Waals surface area contributed by atoms with E-state index in [0.717, 1.165) is 16.8 Å². The van der Waals surface area contributed by atoms with Gasteiger partial charge in [0.05, 0.1) is 11.6 Å². The molecule has 2 unspecified atom stereocenters. The molecular formula is C15H23BrN2O. The zero-order chi connectivity index (χ0) is 13.8. The molecule has 2 rings (SSSR count). The number of ether oxygens (including phenoxy) is 1. The highest BCUT2D eigenvalue weighted by Crippen LogP contribution is 2.32. The summed E-state index contributed by atoms with van der Waals surface area (Å²) in [5.74, 6) is 0.867. The minimum atomic E-state index is 0.303. The van der Waals surface area contributed by atoms with E-state index >= 15 is 0 Å². The van der Waals surface area contributed by atoms with E-state index in [9.17, 15) is 0 Å². The molecule has 0 aromatic heterocycles. The Morgan fingerprint density at radius 2 is 2.26 bits per heavy atom. The van der Waals surface area contributed by atoms with Crippen LogP contribution in [0.25, 0.3) is 0 Å². The Balaban J connectivity index is 2.23. The highest BCUT2D eigenvalue weighted by Gasteiger charge is 2.26. The maximum Gasteiger partial charge on any atom is 0.133 e. The fourth-order valence-corrected chi connectivity index (χ4v) is 3.49. The van der Waals surface area contributed by atoms with Gasteiger partial charge in [0.15, 0.2) is 0 Å². The molecule has 0 bridgehead atoms. The fraction of sp³-hybridized carbons (Fsp3) is 0.600. The van der Waals surface area contributed by atoms with Crippen LogP contribution in [0.4, 0.5) is 0 Å². The molecule has 2 atom stereocenters. The number of nitrogens with zero attached hydrogens (tertiary/aromatic N) is 1. The summed E-state index contributed by atoms with van der Waals surface area (Å²) in [6.07, 6.45) is 3.88. The largest absolute Gasteiger partial charge is 0.496 e. The van der Waals surface area contributed by atoms with Crippen molar-refractivity contribution in [2.45, 2.75) is 38.3 Å². The van der Waals surface area contributed by atoms with Gasteiger partial charge in [-0.15, -0.1) is 0 Å². The Hall–Kier alpha value is -0.580. The summed E-state index contributed by atoms with van der Waals surface area (Å²) >= 11 is 3.56. The van der Waals surface area contributed by atoms with Crippen LogP contribution >= 0.6 is 15.9 Å². The number of methoxy groups -OCH3 is 1. The summed E-state index contributed by atoms with van der Waals surface area (Å²) in [5.41, 5.74) is 7.30. The molecule has 106 valence electrons. The van der Waals surface area contributed by atoms with Gasteiger partial charge in [-0.1, -0.05) is 12.5 Å². The van der Waals surface area contributed by atoms with E-state index in [4.69, 9.17) is 10.5 Å². The summed E-state index contributed by atoms with van der Waals surface area (Å²) in [6.45, 7) is 4.11. The van der Waals surface area contributed by atoms with Gasteiger partial charge >= 0.3 is 0 Å². The topological polar surface area (TPSA) is 38.5 Å². The zero-order valence-corrected chi connectivity index (χ0v) is 13.3. The molecule has 2 N–H and O–H groups in total. The third kappa shape index (κ3) is 3.30. The maximum atomic E-state index is 6.03. The average molecular weight is 327 g/mol. The van der Waals surface area contributed by atoms with Gasteiger partial charge in [-0.2, -0.15) is 0 Å². The smallest absolute Gasteiger partial charge is 0.133 e. The van der Waals surface area contributed by atoms with E-state index in [1.807, 2.05) is 6.07 Å². The number of benzene rings is 1. The van der Waals surface area contributed by atoms with Crippen molar-refractivity contribution in [3.8, 4) is 5.75 Å². The van der Waals surface area contributed by atoms with Crippen molar-refractivity contribution in [2.24, 2.45) is 5.73 Å². The number of piperidine rings is 1. The summed E-state index contributed by atoms with van der Waals surface area (Å²) in [6, 6.07) is 7.19. The van der Waals surface area contributed by atoms with Gasteiger partial charge in [0.1, 0.15) is 5.75 Å². The van der Waals surface area contributed by atoms with Crippen LogP contribution in [-0.2, 0) is 0 Å². The molecule has 0 spiro atoms. The maximum absolute atomic E-state index is 6.03. The number of hydrogen-bond acceptors (Lipinski definition) is 3. The number of halogens is 1. The van der Waals surface area contributed by atoms with Crippen LogP contribution in [0.1, 0.15) is 37.8 Å². The van der Waals surface area contributed by atoms with Crippen molar-refractivity contribution >= 4 is 15.9 Å². The summed E-state index contributed by atoms with van der Waals surface area (Å²) < 4.78 is 6.28. The molecule has 1 aliphatic heterocycles. The monoisotopic (exact) mass is 326 g/mol. The van der Waals surface area contributed by atoms with Gasteiger partial charge in [0, 0.05) is 18.6 Å². The molecule has 0 radical (unpaired) electrons. The number of likely N-dealkylation sites (tertiary alicyclic amines) is 1. The molecule has 0 saturated carbocycles. The molecule has 1 saturated heterocycles. The first-order valence-electron chi connectivity index (χ1n) is 6.96. The average Bonchev–Trinajstić information content (AvgIpc) is 2.42. The molecule has 3 nitrogen and oxygen atoms in total. The van der Waals surface area contributed by atoms with Crippen LogP contribution in [0.3, 0.4) is 0 Å². The Labute approximate surface area is 124 Å². The molecule has 4 heteroatoms. The van der Waals surface area contributed by atoms with E-state index in [2.05, 4.69) is 39.9 Å². The third-order valence-corrected chi connectivity index (χ3v) is 4.66. The van der Waals surface area contributed by atoms with Crippen LogP contribution in [0.15, 0.2) is 22.7 Å². The Bertz CT molecular complexity index is 425. The van der Waals surface area contributed by atoms with Crippen molar-refractivity contribution in [2.75, 3.05) is 20.2 Å². The lowest BCUT2D eigenvalue weighted by molar-refractivity contribution is 0.109. The lowest BCUT2D eigenvalue weighted by Crippen LogP contribution is -2.43. The normalized spacial score (nSPS) is 22.2. The predicted octanol–water partition coefficient (Wildman–Crippen LogP) is 3.33. The number of nitrogens with two attached hydrogens (primary N) is 1. The highest BCUT2D eigenvalue weighted by molar-refractivity contribution is 9.10. The Morgan fingerprint density at radius 3 is 2.84 bits per heavy atom. The molecule has 1 aromatic carbocycles. The van der Waals surface area contributed by atoms with Crippen LogP contribution in [0.5, 0.6) is 5.75 Å². The van der Waals surface area contributed by atoms with Gasteiger partial charge in [-0.3, -0.25) is 4.90 Å². The minimum Gasteiger partial charge on any atom is -0.496 e. The van der Waals surface area contributed by atoms with Crippen LogP contribution in [0.2, 0.25) is 0 Å². The van der Waals surface area contributed by atoms with E-state index in [1.54, 1.807) is 7.11 Å². The Kier molecular flexibility index (Phi) is 5.25. The second-order valence-electron chi connectivity index (χ2n) is 5.23. The van der Waals surface area contributed by atoms with Crippen molar-refractivity contribution < 1.29 is 4.74 Å². The minimum absolute atomic E-state index is 0.303. The lowest BCUT2D eigenvalue weighted by atomic mass is 9.97. The zero-order valence-electron chi connectivity index (χ0n) is 11.7. The second-order valence-corrected chi connectivity index (χ2v) is 6.08. The second kappa shape index (κ2) is 6.73. The molecule has 1 fully saturated rings. The van der Waals surface area contributed by atoms with Gasteiger partial charge < -0.3 is 10.5 Å². The standard InChI is InChI=1S/C15H23BrN2O/c1-11-5-3-4-8-18(11)14(10-17)12-6-7-15(19-2)13(16)9-12/h6-7,9,11,14H,3-5,8,10,17H2,1-2H3. The molecule has 0 amide bonds. The first-order valence-corrected chi connectivity index (χ1v) is 7.76. The van der Waals surface area contributed by atoms with Crippen LogP contribution in [-0.4, -0.2) is 31.1 Å². The molecule has 1 heterocycles. The lowest BCUT2D eigenvalue weighted by Gasteiger charge is -2.39. The van der Waals surface area contributed by atoms with Crippen LogP contribution < -0.4 is 10.5 Å². The fourth-order valence-electron chi connectivity index (χ4n) is 2.94. The van der Waals surface area contributed by atoms with Crippen molar-refractivity contribution in [3.05, 3.63) is 28.2 Å². The number of rotatable bonds is 4. The first-order chi connectivity index (χ1) is 9.17. The summed E-state index contributed by atoms with van der Waals surface area (Å²) in [4.78, 5) is 2.54. The first kappa shape index (κ1) is 14.8. The van der Waals surface area contributed by atoms with E-state index in [-0.39, 0.29) is 0 Å². The Morgan fingerprint density at radius 1 is 1.47 bits per heavy atom. The van der Waals surface area contributed by atoms with E-state index in [1.165, 1.54) is 24.8 Å². The molecule has 0 aliphatic carbocycles. The predicted molar refractivity (Wildman–Crippen MR) is 82.5 cm³/mol. The summed E-state index contributed by atoms with van der Waals surface area (Å²) in [5, 5.41) is 0. The van der Waals surface area contributed by atoms with Crippen molar-refractivity contribution in [1.82, 2.24) is 4.90 Å². The van der Waals surface area contributed by atoms with Crippen molar-refractivity contribution in [3.63, 3.8) is 0 Å². The molecule has 19 heavy (non-hydrogen) atoms. The van der Waals surface area contributed by atoms with Gasteiger partial charge in [0.2, 0.25) is 0 Å². The number of hydrogen-bond donors (Lipinski definition) is 1. The molecular weight excluding hydrogens is 304 g/mol. The molecule has 1 aliphatic rings. The summed E-state index contributed by atoms with van der Waals surface area (Å²) in [7, 11) is 1.69. The third-order valence-electron chi connectivity index (χ3n) is 4.04. The van der Waals surface area contributed by atoms with Crippen molar-refractivity contribution in [1.29, 1.82) is 0 Å². The quantitative estimate of drug-likeness (QED) is 0.922. The van der Waals surface area contributed by atoms with E-state index in [0.29, 0.717) is 18.6 Å². The molecule has 1 aromatic rings. The van der Waals surface area contributed by atoms with Gasteiger partial charge in [-0.25, -0.2) is 0 Å².